The van der Waals surface area contributed by atoms with Gasteiger partial charge in [-0.25, -0.2) is 0 Å². The summed E-state index contributed by atoms with van der Waals surface area (Å²) in [5.41, 5.74) is -2.73. The number of alkyl halides is 6. The fourth-order valence-electron chi connectivity index (χ4n) is 1.98. The number of halogens is 6. The number of hydrogen-bond donors (Lipinski definition) is 0. The van der Waals surface area contributed by atoms with E-state index in [2.05, 4.69) is 0 Å². The largest absolute Gasteiger partial charge is 0.416 e. The molecule has 126 valence electrons. The van der Waals surface area contributed by atoms with E-state index in [4.69, 9.17) is 8.85 Å². The second-order valence-electron chi connectivity index (χ2n) is 4.61. The zero-order valence-corrected chi connectivity index (χ0v) is 13.2. The van der Waals surface area contributed by atoms with Crippen LogP contribution in [0.1, 0.15) is 25.0 Å². The fraction of sp³-hybridized carbons (Fsp3) is 0.538. The van der Waals surface area contributed by atoms with Crippen LogP contribution in [0.4, 0.5) is 26.3 Å². The molecule has 1 aromatic rings. The van der Waals surface area contributed by atoms with Crippen LogP contribution >= 0.6 is 0 Å². The van der Waals surface area contributed by atoms with Crippen LogP contribution in [0.5, 0.6) is 0 Å². The molecule has 0 aliphatic heterocycles. The molecule has 2 nitrogen and oxygen atoms in total. The minimum Gasteiger partial charge on any atom is -0.391 e. The molecule has 0 atom stereocenters. The van der Waals surface area contributed by atoms with Crippen molar-refractivity contribution in [2.45, 2.75) is 32.7 Å². The Bertz CT molecular complexity index is 474. The summed E-state index contributed by atoms with van der Waals surface area (Å²) in [7, 11) is -3.35. The molecule has 22 heavy (non-hydrogen) atoms. The zero-order chi connectivity index (χ0) is 17.2. The molecule has 0 fully saturated rings. The lowest BCUT2D eigenvalue weighted by atomic mass is 10.1. The Balaban J connectivity index is 3.52. The van der Waals surface area contributed by atoms with Gasteiger partial charge < -0.3 is 8.85 Å². The average Bonchev–Trinajstić information content (AvgIpc) is 2.36. The van der Waals surface area contributed by atoms with Crippen LogP contribution in [-0.2, 0) is 21.2 Å². The molecule has 0 saturated carbocycles. The Hall–Kier alpha value is -1.06. The van der Waals surface area contributed by atoms with Gasteiger partial charge in [-0.15, -0.1) is 0 Å². The molecule has 1 rings (SSSR count). The molecule has 0 heterocycles. The predicted octanol–water partition coefficient (Wildman–Crippen LogP) is 4.08. The van der Waals surface area contributed by atoms with Gasteiger partial charge in [-0.05, 0) is 43.8 Å². The maximum absolute atomic E-state index is 12.9. The molecule has 0 bridgehead atoms. The van der Waals surface area contributed by atoms with E-state index in [0.29, 0.717) is 12.1 Å². The Morgan fingerprint density at radius 1 is 0.818 bits per heavy atom. The highest BCUT2D eigenvalue weighted by atomic mass is 28.4. The van der Waals surface area contributed by atoms with Crippen molar-refractivity contribution in [3.63, 3.8) is 0 Å². The SMILES string of the molecule is CCO[Si](C)(OCC)c1cc(C(F)(F)F)cc(C(F)(F)F)c1. The third-order valence-electron chi connectivity index (χ3n) is 2.95. The van der Waals surface area contributed by atoms with Gasteiger partial charge in [-0.1, -0.05) is 0 Å². The van der Waals surface area contributed by atoms with Crippen LogP contribution in [-0.4, -0.2) is 21.8 Å². The lowest BCUT2D eigenvalue weighted by molar-refractivity contribution is -0.142. The first-order valence-corrected chi connectivity index (χ1v) is 8.83. The van der Waals surface area contributed by atoms with Crippen molar-refractivity contribution in [3.8, 4) is 0 Å². The van der Waals surface area contributed by atoms with E-state index < -0.39 is 32.0 Å². The molecule has 0 N–H and O–H groups in total. The maximum atomic E-state index is 12.9. The van der Waals surface area contributed by atoms with Crippen molar-refractivity contribution in [1.29, 1.82) is 0 Å². The summed E-state index contributed by atoms with van der Waals surface area (Å²) in [6, 6.07) is 1.44. The molecule has 0 amide bonds. The Kier molecular flexibility index (Phi) is 5.69. The van der Waals surface area contributed by atoms with Crippen LogP contribution in [0.2, 0.25) is 6.55 Å². The quantitative estimate of drug-likeness (QED) is 0.591. The monoisotopic (exact) mass is 346 g/mol. The highest BCUT2D eigenvalue weighted by Crippen LogP contribution is 2.35. The molecular formula is C13H16F6O2Si. The summed E-state index contributed by atoms with van der Waals surface area (Å²) in [6.07, 6.45) is -9.77. The normalized spacial score (nSPS) is 13.5. The predicted molar refractivity (Wildman–Crippen MR) is 71.0 cm³/mol. The summed E-state index contributed by atoms with van der Waals surface area (Å²) in [5.74, 6) is 0. The van der Waals surface area contributed by atoms with Gasteiger partial charge in [0.2, 0.25) is 0 Å². The Morgan fingerprint density at radius 2 is 1.18 bits per heavy atom. The molecular weight excluding hydrogens is 330 g/mol. The van der Waals surface area contributed by atoms with Crippen LogP contribution in [0.3, 0.4) is 0 Å². The molecule has 0 aliphatic rings. The van der Waals surface area contributed by atoms with Gasteiger partial charge in [0, 0.05) is 13.2 Å². The lowest BCUT2D eigenvalue weighted by Crippen LogP contribution is -2.51. The topological polar surface area (TPSA) is 18.5 Å². The fourth-order valence-corrected chi connectivity index (χ4v) is 4.33. The van der Waals surface area contributed by atoms with Gasteiger partial charge >= 0.3 is 20.9 Å². The summed E-state index contributed by atoms with van der Waals surface area (Å²) in [6.45, 7) is 4.88. The van der Waals surface area contributed by atoms with Gasteiger partial charge in [-0.3, -0.25) is 0 Å². The van der Waals surface area contributed by atoms with Crippen molar-refractivity contribution in [2.75, 3.05) is 13.2 Å². The first-order valence-electron chi connectivity index (χ1n) is 6.52. The van der Waals surface area contributed by atoms with Gasteiger partial charge in [0.25, 0.3) is 0 Å². The van der Waals surface area contributed by atoms with Crippen LogP contribution in [0, 0.1) is 0 Å². The van der Waals surface area contributed by atoms with Crippen molar-refractivity contribution in [3.05, 3.63) is 29.3 Å². The molecule has 0 aliphatic carbocycles. The smallest absolute Gasteiger partial charge is 0.391 e. The zero-order valence-electron chi connectivity index (χ0n) is 12.2. The van der Waals surface area contributed by atoms with Gasteiger partial charge in [-0.2, -0.15) is 26.3 Å². The number of hydrogen-bond acceptors (Lipinski definition) is 2. The third kappa shape index (κ3) is 4.47. The third-order valence-corrected chi connectivity index (χ3v) is 5.97. The van der Waals surface area contributed by atoms with Gasteiger partial charge in [0.05, 0.1) is 11.1 Å². The maximum Gasteiger partial charge on any atom is 0.416 e. The van der Waals surface area contributed by atoms with Crippen LogP contribution < -0.4 is 5.19 Å². The minimum absolute atomic E-state index is 0.0935. The van der Waals surface area contributed by atoms with Crippen molar-refractivity contribution >= 4 is 13.7 Å². The highest BCUT2D eigenvalue weighted by molar-refractivity contribution is 6.80. The minimum atomic E-state index is -4.89. The van der Waals surface area contributed by atoms with Gasteiger partial charge in [0.15, 0.2) is 0 Å². The van der Waals surface area contributed by atoms with E-state index in [1.54, 1.807) is 13.8 Å². The van der Waals surface area contributed by atoms with E-state index >= 15 is 0 Å². The van der Waals surface area contributed by atoms with Gasteiger partial charge in [0.1, 0.15) is 0 Å². The second-order valence-corrected chi connectivity index (χ2v) is 7.65. The van der Waals surface area contributed by atoms with E-state index in [9.17, 15) is 26.3 Å². The molecule has 0 aromatic heterocycles. The molecule has 0 spiro atoms. The van der Waals surface area contributed by atoms with E-state index in [-0.39, 0.29) is 24.5 Å². The van der Waals surface area contributed by atoms with Crippen LogP contribution in [0.25, 0.3) is 0 Å². The first kappa shape index (κ1) is 19.0. The standard InChI is InChI=1S/C13H16F6O2Si/c1-4-20-22(3,21-5-2)11-7-9(12(14,15)16)6-10(8-11)13(17,18)19/h6-8H,4-5H2,1-3H3. The van der Waals surface area contributed by atoms with E-state index in [1.165, 1.54) is 6.55 Å². The summed E-state index contributed by atoms with van der Waals surface area (Å²) < 4.78 is 87.9. The average molecular weight is 346 g/mol. The Labute approximate surface area is 125 Å². The van der Waals surface area contributed by atoms with E-state index in [1.807, 2.05) is 0 Å². The molecule has 9 heteroatoms. The highest BCUT2D eigenvalue weighted by Gasteiger charge is 2.41. The van der Waals surface area contributed by atoms with Crippen molar-refractivity contribution in [1.82, 2.24) is 0 Å². The van der Waals surface area contributed by atoms with E-state index in [0.717, 1.165) is 0 Å². The van der Waals surface area contributed by atoms with Crippen molar-refractivity contribution < 1.29 is 35.2 Å². The van der Waals surface area contributed by atoms with Crippen LogP contribution in [0.15, 0.2) is 18.2 Å². The molecule has 0 radical (unpaired) electrons. The summed E-state index contributed by atoms with van der Waals surface area (Å²) >= 11 is 0. The van der Waals surface area contributed by atoms with Crippen molar-refractivity contribution in [2.24, 2.45) is 0 Å². The summed E-state index contributed by atoms with van der Waals surface area (Å²) in [4.78, 5) is 0. The number of benzene rings is 1. The second kappa shape index (κ2) is 6.59. The Morgan fingerprint density at radius 3 is 1.45 bits per heavy atom. The molecule has 0 saturated heterocycles. The first-order chi connectivity index (χ1) is 9.94. The molecule has 0 unspecified atom stereocenters. The lowest BCUT2D eigenvalue weighted by Gasteiger charge is -2.27. The molecule has 1 aromatic carbocycles. The summed E-state index contributed by atoms with van der Waals surface area (Å²) in [5, 5.41) is -0.196. The number of rotatable bonds is 5.